The van der Waals surface area contributed by atoms with Crippen LogP contribution in [0.5, 0.6) is 0 Å². The zero-order chi connectivity index (χ0) is 11.5. The standard InChI is InChI=1S/C11H24N4/c1-14(2)6-7-15(3)9-11(4-5-11)8-10(12)13/h4-9H2,1-3H3,(H3,12,13). The Bertz CT molecular complexity index is 221. The first-order valence-electron chi connectivity index (χ1n) is 5.60. The van der Waals surface area contributed by atoms with Crippen molar-refractivity contribution in [3.05, 3.63) is 0 Å². The van der Waals surface area contributed by atoms with Gasteiger partial charge in [0.05, 0.1) is 5.84 Å². The maximum absolute atomic E-state index is 7.36. The van der Waals surface area contributed by atoms with Crippen LogP contribution in [0.2, 0.25) is 0 Å². The molecule has 0 unspecified atom stereocenters. The van der Waals surface area contributed by atoms with Gasteiger partial charge in [-0.1, -0.05) is 0 Å². The predicted octanol–water partition coefficient (Wildman–Crippen LogP) is 0.586. The molecule has 0 aliphatic heterocycles. The average molecular weight is 212 g/mol. The molecule has 4 heteroatoms. The first-order chi connectivity index (χ1) is 6.93. The summed E-state index contributed by atoms with van der Waals surface area (Å²) in [6.07, 6.45) is 3.25. The van der Waals surface area contributed by atoms with Crippen LogP contribution in [0.25, 0.3) is 0 Å². The van der Waals surface area contributed by atoms with E-state index in [-0.39, 0.29) is 0 Å². The van der Waals surface area contributed by atoms with Crippen LogP contribution in [0.3, 0.4) is 0 Å². The van der Waals surface area contributed by atoms with Crippen molar-refractivity contribution in [1.82, 2.24) is 9.80 Å². The second-order valence-electron chi connectivity index (χ2n) is 5.24. The lowest BCUT2D eigenvalue weighted by molar-refractivity contribution is 0.238. The fourth-order valence-electron chi connectivity index (χ4n) is 1.99. The van der Waals surface area contributed by atoms with Gasteiger partial charge in [-0.3, -0.25) is 5.41 Å². The molecule has 0 aromatic carbocycles. The summed E-state index contributed by atoms with van der Waals surface area (Å²) in [6, 6.07) is 0. The van der Waals surface area contributed by atoms with Crippen LogP contribution in [-0.4, -0.2) is 56.4 Å². The van der Waals surface area contributed by atoms with Gasteiger partial charge < -0.3 is 15.5 Å². The van der Waals surface area contributed by atoms with Gasteiger partial charge in [-0.2, -0.15) is 0 Å². The second kappa shape index (κ2) is 4.94. The third-order valence-corrected chi connectivity index (χ3v) is 3.06. The SMILES string of the molecule is CN(C)CCN(C)CC1(CC(=N)N)CC1. The number of nitrogens with one attached hydrogen (secondary N) is 1. The molecule has 0 bridgehead atoms. The Balaban J connectivity index is 2.25. The Morgan fingerprint density at radius 3 is 2.27 bits per heavy atom. The fourth-order valence-corrected chi connectivity index (χ4v) is 1.99. The Kier molecular flexibility index (Phi) is 4.11. The minimum atomic E-state index is 0.340. The number of hydrogen-bond donors (Lipinski definition) is 2. The third-order valence-electron chi connectivity index (χ3n) is 3.06. The van der Waals surface area contributed by atoms with E-state index in [1.807, 2.05) is 0 Å². The highest BCUT2D eigenvalue weighted by Crippen LogP contribution is 2.49. The number of amidine groups is 1. The molecule has 0 saturated heterocycles. The molecule has 0 spiro atoms. The molecule has 0 heterocycles. The number of nitrogens with two attached hydrogens (primary N) is 1. The summed E-state index contributed by atoms with van der Waals surface area (Å²) in [7, 11) is 6.34. The number of nitrogens with zero attached hydrogens (tertiary/aromatic N) is 2. The minimum Gasteiger partial charge on any atom is -0.388 e. The lowest BCUT2D eigenvalue weighted by atomic mass is 10.0. The monoisotopic (exact) mass is 212 g/mol. The predicted molar refractivity (Wildman–Crippen MR) is 64.2 cm³/mol. The fraction of sp³-hybridized carbons (Fsp3) is 0.909. The van der Waals surface area contributed by atoms with E-state index in [4.69, 9.17) is 11.1 Å². The van der Waals surface area contributed by atoms with Crippen molar-refractivity contribution >= 4 is 5.84 Å². The number of likely N-dealkylation sites (N-methyl/N-ethyl adjacent to an activating group) is 2. The highest BCUT2D eigenvalue weighted by atomic mass is 15.2. The van der Waals surface area contributed by atoms with Crippen LogP contribution >= 0.6 is 0 Å². The molecule has 1 rings (SSSR count). The first-order valence-corrected chi connectivity index (χ1v) is 5.60. The summed E-state index contributed by atoms with van der Waals surface area (Å²) in [4.78, 5) is 4.55. The van der Waals surface area contributed by atoms with Crippen molar-refractivity contribution in [2.24, 2.45) is 11.1 Å². The second-order valence-corrected chi connectivity index (χ2v) is 5.24. The zero-order valence-corrected chi connectivity index (χ0v) is 10.2. The van der Waals surface area contributed by atoms with Crippen LogP contribution < -0.4 is 5.73 Å². The van der Waals surface area contributed by atoms with Gasteiger partial charge in [0.2, 0.25) is 0 Å². The molecule has 4 nitrogen and oxygen atoms in total. The number of rotatable bonds is 7. The summed E-state index contributed by atoms with van der Waals surface area (Å²) in [5.41, 5.74) is 5.81. The van der Waals surface area contributed by atoms with E-state index in [0.717, 1.165) is 26.1 Å². The largest absolute Gasteiger partial charge is 0.388 e. The Morgan fingerprint density at radius 1 is 1.27 bits per heavy atom. The number of hydrogen-bond acceptors (Lipinski definition) is 3. The van der Waals surface area contributed by atoms with Crippen molar-refractivity contribution in [2.45, 2.75) is 19.3 Å². The molecule has 0 radical (unpaired) electrons. The Hall–Kier alpha value is -0.610. The van der Waals surface area contributed by atoms with Gasteiger partial charge in [0.25, 0.3) is 0 Å². The van der Waals surface area contributed by atoms with Crippen LogP contribution in [0.4, 0.5) is 0 Å². The van der Waals surface area contributed by atoms with E-state index >= 15 is 0 Å². The Morgan fingerprint density at radius 2 is 1.87 bits per heavy atom. The van der Waals surface area contributed by atoms with Gasteiger partial charge in [-0.15, -0.1) is 0 Å². The van der Waals surface area contributed by atoms with Crippen LogP contribution in [0.1, 0.15) is 19.3 Å². The van der Waals surface area contributed by atoms with E-state index in [2.05, 4.69) is 30.9 Å². The van der Waals surface area contributed by atoms with Crippen molar-refractivity contribution in [3.63, 3.8) is 0 Å². The first kappa shape index (κ1) is 12.5. The smallest absolute Gasteiger partial charge is 0.0911 e. The molecule has 0 aromatic rings. The van der Waals surface area contributed by atoms with Gasteiger partial charge in [0, 0.05) is 26.1 Å². The summed E-state index contributed by atoms with van der Waals surface area (Å²) >= 11 is 0. The van der Waals surface area contributed by atoms with Gasteiger partial charge in [0.1, 0.15) is 0 Å². The Labute approximate surface area is 92.9 Å². The molecular formula is C11H24N4. The van der Waals surface area contributed by atoms with Crippen LogP contribution in [0.15, 0.2) is 0 Å². The summed E-state index contributed by atoms with van der Waals surface area (Å²) in [5.74, 6) is 0.341. The molecular weight excluding hydrogens is 188 g/mol. The van der Waals surface area contributed by atoms with E-state index in [1.165, 1.54) is 12.8 Å². The molecule has 3 N–H and O–H groups in total. The van der Waals surface area contributed by atoms with Crippen LogP contribution in [0, 0.1) is 10.8 Å². The molecule has 1 aliphatic rings. The summed E-state index contributed by atoms with van der Waals surface area (Å²) in [5, 5.41) is 7.36. The molecule has 1 fully saturated rings. The topological polar surface area (TPSA) is 56.4 Å². The normalized spacial score (nSPS) is 18.5. The van der Waals surface area contributed by atoms with Crippen molar-refractivity contribution < 1.29 is 0 Å². The highest BCUT2D eigenvalue weighted by molar-refractivity contribution is 5.78. The average Bonchev–Trinajstić information content (AvgIpc) is 2.80. The van der Waals surface area contributed by atoms with Gasteiger partial charge in [-0.25, -0.2) is 0 Å². The lowest BCUT2D eigenvalue weighted by Gasteiger charge is -2.24. The molecule has 0 aromatic heterocycles. The van der Waals surface area contributed by atoms with E-state index < -0.39 is 0 Å². The lowest BCUT2D eigenvalue weighted by Crippen LogP contribution is -2.34. The van der Waals surface area contributed by atoms with Crippen molar-refractivity contribution in [3.8, 4) is 0 Å². The maximum atomic E-state index is 7.36. The highest BCUT2D eigenvalue weighted by Gasteiger charge is 2.43. The van der Waals surface area contributed by atoms with E-state index in [9.17, 15) is 0 Å². The zero-order valence-electron chi connectivity index (χ0n) is 10.2. The summed E-state index contributed by atoms with van der Waals surface area (Å²) < 4.78 is 0. The molecule has 1 aliphatic carbocycles. The molecule has 0 amide bonds. The minimum absolute atomic E-state index is 0.340. The van der Waals surface area contributed by atoms with E-state index in [0.29, 0.717) is 11.3 Å². The van der Waals surface area contributed by atoms with Gasteiger partial charge in [0.15, 0.2) is 0 Å². The molecule has 1 saturated carbocycles. The van der Waals surface area contributed by atoms with Crippen LogP contribution in [-0.2, 0) is 0 Å². The van der Waals surface area contributed by atoms with E-state index in [1.54, 1.807) is 0 Å². The van der Waals surface area contributed by atoms with Gasteiger partial charge >= 0.3 is 0 Å². The third kappa shape index (κ3) is 4.62. The molecule has 88 valence electrons. The quantitative estimate of drug-likeness (QED) is 0.479. The van der Waals surface area contributed by atoms with Crippen molar-refractivity contribution in [1.29, 1.82) is 5.41 Å². The summed E-state index contributed by atoms with van der Waals surface area (Å²) in [6.45, 7) is 3.26. The van der Waals surface area contributed by atoms with Crippen molar-refractivity contribution in [2.75, 3.05) is 40.8 Å². The maximum Gasteiger partial charge on any atom is 0.0911 e. The molecule has 0 atom stereocenters. The molecule has 15 heavy (non-hydrogen) atoms. The van der Waals surface area contributed by atoms with Gasteiger partial charge in [-0.05, 0) is 39.4 Å².